The van der Waals surface area contributed by atoms with Crippen molar-refractivity contribution < 1.29 is 19.4 Å². The monoisotopic (exact) mass is 312 g/mol. The van der Waals surface area contributed by atoms with Gasteiger partial charge in [-0.05, 0) is 18.2 Å². The van der Waals surface area contributed by atoms with E-state index in [1.165, 1.54) is 23.1 Å². The standard InChI is InChI=1S/C14H17ClN2O4/c1-3-6-17(7-8-21-2)14(20)16-12-5-4-10(13(18)19)9-11(12)15/h3-5,9H,1,6-8H2,2H3,(H,16,20)(H,18,19). The minimum Gasteiger partial charge on any atom is -0.478 e. The molecule has 1 rings (SSSR count). The number of carboxylic acids is 1. The van der Waals surface area contributed by atoms with Gasteiger partial charge in [-0.1, -0.05) is 17.7 Å². The second-order valence-electron chi connectivity index (χ2n) is 4.16. The maximum Gasteiger partial charge on any atom is 0.335 e. The molecule has 2 amide bonds. The van der Waals surface area contributed by atoms with Gasteiger partial charge in [-0.25, -0.2) is 9.59 Å². The lowest BCUT2D eigenvalue weighted by Crippen LogP contribution is -2.37. The summed E-state index contributed by atoms with van der Waals surface area (Å²) in [5.41, 5.74) is 0.401. The summed E-state index contributed by atoms with van der Waals surface area (Å²) in [6, 6.07) is 3.74. The normalized spacial score (nSPS) is 10.0. The van der Waals surface area contributed by atoms with Gasteiger partial charge < -0.3 is 20.1 Å². The summed E-state index contributed by atoms with van der Waals surface area (Å²) in [5, 5.41) is 11.6. The lowest BCUT2D eigenvalue weighted by atomic mass is 10.2. The molecule has 7 heteroatoms. The van der Waals surface area contributed by atoms with Crippen LogP contribution in [0.4, 0.5) is 10.5 Å². The van der Waals surface area contributed by atoms with Crippen molar-refractivity contribution in [2.45, 2.75) is 0 Å². The van der Waals surface area contributed by atoms with E-state index in [0.717, 1.165) is 0 Å². The van der Waals surface area contributed by atoms with Crippen molar-refractivity contribution in [1.29, 1.82) is 0 Å². The topological polar surface area (TPSA) is 78.9 Å². The van der Waals surface area contributed by atoms with Crippen LogP contribution in [-0.4, -0.2) is 48.8 Å². The first kappa shape index (κ1) is 17.0. The average molecular weight is 313 g/mol. The number of ether oxygens (including phenoxy) is 1. The molecule has 0 saturated heterocycles. The van der Waals surface area contributed by atoms with Crippen LogP contribution in [0.1, 0.15) is 10.4 Å². The summed E-state index contributed by atoms with van der Waals surface area (Å²) in [4.78, 5) is 24.4. The summed E-state index contributed by atoms with van der Waals surface area (Å²) < 4.78 is 4.94. The highest BCUT2D eigenvalue weighted by Gasteiger charge is 2.14. The molecule has 0 heterocycles. The number of anilines is 1. The molecular formula is C14H17ClN2O4. The number of aromatic carboxylic acids is 1. The third-order valence-corrected chi connectivity index (χ3v) is 2.97. The summed E-state index contributed by atoms with van der Waals surface area (Å²) >= 11 is 5.96. The molecule has 0 saturated carbocycles. The van der Waals surface area contributed by atoms with Crippen LogP contribution in [0.3, 0.4) is 0 Å². The molecule has 0 radical (unpaired) electrons. The molecule has 0 atom stereocenters. The quantitative estimate of drug-likeness (QED) is 0.759. The number of hydrogen-bond donors (Lipinski definition) is 2. The van der Waals surface area contributed by atoms with Crippen molar-refractivity contribution in [1.82, 2.24) is 4.90 Å². The van der Waals surface area contributed by atoms with E-state index in [2.05, 4.69) is 11.9 Å². The van der Waals surface area contributed by atoms with Gasteiger partial charge in [-0.15, -0.1) is 6.58 Å². The second kappa shape index (κ2) is 8.28. The Morgan fingerprint density at radius 1 is 1.52 bits per heavy atom. The minimum atomic E-state index is -1.08. The zero-order valence-electron chi connectivity index (χ0n) is 11.6. The fraction of sp³-hybridized carbons (Fsp3) is 0.286. The van der Waals surface area contributed by atoms with Crippen LogP contribution in [0.15, 0.2) is 30.9 Å². The molecule has 0 aromatic heterocycles. The van der Waals surface area contributed by atoms with Crippen LogP contribution in [0.25, 0.3) is 0 Å². The first-order valence-electron chi connectivity index (χ1n) is 6.18. The number of amides is 2. The highest BCUT2D eigenvalue weighted by molar-refractivity contribution is 6.34. The zero-order valence-corrected chi connectivity index (χ0v) is 12.4. The number of hydrogen-bond acceptors (Lipinski definition) is 3. The molecular weight excluding hydrogens is 296 g/mol. The number of nitrogens with zero attached hydrogens (tertiary/aromatic N) is 1. The van der Waals surface area contributed by atoms with Crippen LogP contribution in [0.5, 0.6) is 0 Å². The van der Waals surface area contributed by atoms with Gasteiger partial charge >= 0.3 is 12.0 Å². The fourth-order valence-corrected chi connectivity index (χ4v) is 1.80. The van der Waals surface area contributed by atoms with Gasteiger partial charge in [0.15, 0.2) is 0 Å². The Hall–Kier alpha value is -2.05. The van der Waals surface area contributed by atoms with Crippen LogP contribution in [0.2, 0.25) is 5.02 Å². The smallest absolute Gasteiger partial charge is 0.335 e. The Labute approximate surface area is 128 Å². The van der Waals surface area contributed by atoms with Crippen LogP contribution in [0, 0.1) is 0 Å². The molecule has 2 N–H and O–H groups in total. The third-order valence-electron chi connectivity index (χ3n) is 2.66. The number of rotatable bonds is 7. The van der Waals surface area contributed by atoms with E-state index in [0.29, 0.717) is 25.4 Å². The highest BCUT2D eigenvalue weighted by atomic mass is 35.5. The molecule has 0 aliphatic rings. The summed E-state index contributed by atoms with van der Waals surface area (Å²) in [7, 11) is 1.55. The van der Waals surface area contributed by atoms with Crippen molar-refractivity contribution in [2.75, 3.05) is 32.1 Å². The Morgan fingerprint density at radius 3 is 2.76 bits per heavy atom. The zero-order chi connectivity index (χ0) is 15.8. The van der Waals surface area contributed by atoms with E-state index >= 15 is 0 Å². The van der Waals surface area contributed by atoms with E-state index in [9.17, 15) is 9.59 Å². The first-order valence-corrected chi connectivity index (χ1v) is 6.56. The molecule has 0 unspecified atom stereocenters. The number of nitrogens with one attached hydrogen (secondary N) is 1. The van der Waals surface area contributed by atoms with E-state index in [-0.39, 0.29) is 16.6 Å². The molecule has 0 aliphatic heterocycles. The SMILES string of the molecule is C=CCN(CCOC)C(=O)Nc1ccc(C(=O)O)cc1Cl. The largest absolute Gasteiger partial charge is 0.478 e. The van der Waals surface area contributed by atoms with Gasteiger partial charge in [-0.2, -0.15) is 0 Å². The van der Waals surface area contributed by atoms with Crippen LogP contribution < -0.4 is 5.32 Å². The van der Waals surface area contributed by atoms with Gasteiger partial charge in [0, 0.05) is 20.2 Å². The third kappa shape index (κ3) is 5.09. The maximum atomic E-state index is 12.1. The van der Waals surface area contributed by atoms with E-state index in [1.54, 1.807) is 13.2 Å². The number of halogens is 1. The van der Waals surface area contributed by atoms with Crippen molar-refractivity contribution >= 4 is 29.3 Å². The van der Waals surface area contributed by atoms with E-state index in [4.69, 9.17) is 21.4 Å². The predicted octanol–water partition coefficient (Wildman–Crippen LogP) is 2.70. The fourth-order valence-electron chi connectivity index (χ4n) is 1.58. The lowest BCUT2D eigenvalue weighted by Gasteiger charge is -2.21. The summed E-state index contributed by atoms with van der Waals surface area (Å²) in [6.07, 6.45) is 1.60. The maximum absolute atomic E-state index is 12.1. The molecule has 1 aromatic rings. The van der Waals surface area contributed by atoms with Crippen molar-refractivity contribution in [3.05, 3.63) is 41.4 Å². The summed E-state index contributed by atoms with van der Waals surface area (Å²) in [6.45, 7) is 4.75. The van der Waals surface area contributed by atoms with Crippen molar-refractivity contribution in [2.24, 2.45) is 0 Å². The summed E-state index contributed by atoms with van der Waals surface area (Å²) in [5.74, 6) is -1.08. The average Bonchev–Trinajstić information content (AvgIpc) is 2.45. The molecule has 6 nitrogen and oxygen atoms in total. The Bertz CT molecular complexity index is 534. The number of carbonyl (C=O) groups excluding carboxylic acids is 1. The Balaban J connectivity index is 2.80. The second-order valence-corrected chi connectivity index (χ2v) is 4.56. The molecule has 1 aromatic carbocycles. The van der Waals surface area contributed by atoms with Gasteiger partial charge in [0.25, 0.3) is 0 Å². The number of methoxy groups -OCH3 is 1. The van der Waals surface area contributed by atoms with Gasteiger partial charge in [-0.3, -0.25) is 0 Å². The van der Waals surface area contributed by atoms with Crippen molar-refractivity contribution in [3.63, 3.8) is 0 Å². The molecule has 0 fully saturated rings. The van der Waals surface area contributed by atoms with E-state index < -0.39 is 5.97 Å². The Kier molecular flexibility index (Phi) is 6.71. The first-order chi connectivity index (χ1) is 9.99. The van der Waals surface area contributed by atoms with Crippen LogP contribution >= 0.6 is 11.6 Å². The van der Waals surface area contributed by atoms with Gasteiger partial charge in [0.05, 0.1) is 22.9 Å². The lowest BCUT2D eigenvalue weighted by molar-refractivity contribution is 0.0697. The number of carbonyl (C=O) groups is 2. The van der Waals surface area contributed by atoms with E-state index in [1.807, 2.05) is 0 Å². The molecule has 0 bridgehead atoms. The van der Waals surface area contributed by atoms with Gasteiger partial charge in [0.1, 0.15) is 0 Å². The number of urea groups is 1. The molecule has 114 valence electrons. The van der Waals surface area contributed by atoms with Crippen LogP contribution in [-0.2, 0) is 4.74 Å². The minimum absolute atomic E-state index is 0.0559. The molecule has 0 aliphatic carbocycles. The number of carboxylic acid groups (broad SMARTS) is 1. The molecule has 0 spiro atoms. The Morgan fingerprint density at radius 2 is 2.24 bits per heavy atom. The van der Waals surface area contributed by atoms with Crippen molar-refractivity contribution in [3.8, 4) is 0 Å². The number of benzene rings is 1. The predicted molar refractivity (Wildman–Crippen MR) is 81.1 cm³/mol. The highest BCUT2D eigenvalue weighted by Crippen LogP contribution is 2.23. The van der Waals surface area contributed by atoms with Gasteiger partial charge in [0.2, 0.25) is 0 Å². The molecule has 21 heavy (non-hydrogen) atoms.